The molecular weight excluding hydrogens is 403 g/mol. The largest absolute Gasteiger partial charge is 0.338 e. The standard InChI is InChI=1S/C14H10BrIN2/c1-8-2-5-12-13(6-8)18-14(17-12)10-7-9(15)3-4-11(10)16/h2-7H,1H3,(H,17,18). The van der Waals surface area contributed by atoms with Crippen molar-refractivity contribution in [1.82, 2.24) is 9.97 Å². The fourth-order valence-electron chi connectivity index (χ4n) is 1.93. The summed E-state index contributed by atoms with van der Waals surface area (Å²) < 4.78 is 2.25. The highest BCUT2D eigenvalue weighted by Gasteiger charge is 2.09. The van der Waals surface area contributed by atoms with E-state index in [-0.39, 0.29) is 0 Å². The summed E-state index contributed by atoms with van der Waals surface area (Å²) in [6.07, 6.45) is 0. The first-order chi connectivity index (χ1) is 8.63. The molecule has 0 amide bonds. The molecule has 2 nitrogen and oxygen atoms in total. The first-order valence-electron chi connectivity index (χ1n) is 5.55. The predicted molar refractivity (Wildman–Crippen MR) is 86.7 cm³/mol. The van der Waals surface area contributed by atoms with Crippen LogP contribution in [0.25, 0.3) is 22.4 Å². The molecule has 0 radical (unpaired) electrons. The normalized spacial score (nSPS) is 11.1. The Morgan fingerprint density at radius 1 is 1.17 bits per heavy atom. The molecule has 0 fully saturated rings. The fourth-order valence-corrected chi connectivity index (χ4v) is 2.88. The van der Waals surface area contributed by atoms with Gasteiger partial charge in [-0.1, -0.05) is 22.0 Å². The van der Waals surface area contributed by atoms with Crippen LogP contribution >= 0.6 is 38.5 Å². The van der Waals surface area contributed by atoms with Gasteiger partial charge in [-0.05, 0) is 65.4 Å². The monoisotopic (exact) mass is 412 g/mol. The van der Waals surface area contributed by atoms with Crippen molar-refractivity contribution < 1.29 is 0 Å². The summed E-state index contributed by atoms with van der Waals surface area (Å²) in [6.45, 7) is 2.09. The molecule has 0 atom stereocenters. The molecule has 3 aromatic rings. The average Bonchev–Trinajstić information content (AvgIpc) is 2.74. The number of H-pyrrole nitrogens is 1. The molecule has 0 saturated heterocycles. The lowest BCUT2D eigenvalue weighted by atomic mass is 10.2. The van der Waals surface area contributed by atoms with Crippen LogP contribution in [0.4, 0.5) is 0 Å². The van der Waals surface area contributed by atoms with Crippen LogP contribution in [0.3, 0.4) is 0 Å². The molecule has 1 aromatic heterocycles. The summed E-state index contributed by atoms with van der Waals surface area (Å²) in [6, 6.07) is 12.5. The molecule has 90 valence electrons. The summed E-state index contributed by atoms with van der Waals surface area (Å²) in [5.41, 5.74) is 4.45. The van der Waals surface area contributed by atoms with Gasteiger partial charge in [-0.2, -0.15) is 0 Å². The number of nitrogens with one attached hydrogen (secondary N) is 1. The van der Waals surface area contributed by atoms with E-state index in [1.807, 2.05) is 6.07 Å². The maximum absolute atomic E-state index is 4.64. The Labute approximate surface area is 127 Å². The van der Waals surface area contributed by atoms with E-state index < -0.39 is 0 Å². The number of imidazole rings is 1. The van der Waals surface area contributed by atoms with E-state index in [1.165, 1.54) is 9.13 Å². The highest BCUT2D eigenvalue weighted by Crippen LogP contribution is 2.28. The molecule has 1 N–H and O–H groups in total. The highest BCUT2D eigenvalue weighted by atomic mass is 127. The van der Waals surface area contributed by atoms with Gasteiger partial charge in [-0.25, -0.2) is 4.98 Å². The smallest absolute Gasteiger partial charge is 0.139 e. The number of aromatic amines is 1. The van der Waals surface area contributed by atoms with Crippen LogP contribution in [-0.2, 0) is 0 Å². The van der Waals surface area contributed by atoms with Crippen molar-refractivity contribution in [3.8, 4) is 11.4 Å². The zero-order valence-corrected chi connectivity index (χ0v) is 13.4. The van der Waals surface area contributed by atoms with E-state index in [4.69, 9.17) is 0 Å². The zero-order chi connectivity index (χ0) is 12.7. The molecule has 0 saturated carbocycles. The number of hydrogen-bond acceptors (Lipinski definition) is 1. The van der Waals surface area contributed by atoms with E-state index in [9.17, 15) is 0 Å². The van der Waals surface area contributed by atoms with Gasteiger partial charge in [-0.15, -0.1) is 0 Å². The topological polar surface area (TPSA) is 28.7 Å². The first kappa shape index (κ1) is 12.2. The van der Waals surface area contributed by atoms with Gasteiger partial charge in [0.15, 0.2) is 0 Å². The van der Waals surface area contributed by atoms with Crippen molar-refractivity contribution >= 4 is 49.6 Å². The molecular formula is C14H10BrIN2. The summed E-state index contributed by atoms with van der Waals surface area (Å²) in [4.78, 5) is 8.03. The van der Waals surface area contributed by atoms with Gasteiger partial charge in [0.1, 0.15) is 5.82 Å². The highest BCUT2D eigenvalue weighted by molar-refractivity contribution is 14.1. The van der Waals surface area contributed by atoms with Gasteiger partial charge in [-0.3, -0.25) is 0 Å². The van der Waals surface area contributed by atoms with E-state index >= 15 is 0 Å². The molecule has 0 unspecified atom stereocenters. The number of nitrogens with zero attached hydrogens (tertiary/aromatic N) is 1. The summed E-state index contributed by atoms with van der Waals surface area (Å²) >= 11 is 5.84. The third kappa shape index (κ3) is 2.19. The van der Waals surface area contributed by atoms with E-state index in [1.54, 1.807) is 0 Å². The Balaban J connectivity index is 2.22. The SMILES string of the molecule is Cc1ccc2nc(-c3cc(Br)ccc3I)[nH]c2c1. The Morgan fingerprint density at radius 2 is 2.00 bits per heavy atom. The predicted octanol–water partition coefficient (Wildman–Crippen LogP) is 4.91. The molecule has 18 heavy (non-hydrogen) atoms. The number of rotatable bonds is 1. The van der Waals surface area contributed by atoms with Crippen LogP contribution < -0.4 is 0 Å². The lowest BCUT2D eigenvalue weighted by molar-refractivity contribution is 1.32. The summed E-state index contributed by atoms with van der Waals surface area (Å²) in [7, 11) is 0. The second-order valence-corrected chi connectivity index (χ2v) is 6.31. The van der Waals surface area contributed by atoms with Crippen molar-refractivity contribution in [2.24, 2.45) is 0 Å². The number of benzene rings is 2. The van der Waals surface area contributed by atoms with Gasteiger partial charge < -0.3 is 4.98 Å². The summed E-state index contributed by atoms with van der Waals surface area (Å²) in [5.74, 6) is 0.918. The molecule has 1 heterocycles. The molecule has 3 rings (SSSR count). The second kappa shape index (κ2) is 4.66. The quantitative estimate of drug-likeness (QED) is 0.565. The van der Waals surface area contributed by atoms with Crippen molar-refractivity contribution in [3.05, 3.63) is 50.0 Å². The number of halogens is 2. The van der Waals surface area contributed by atoms with Gasteiger partial charge in [0.2, 0.25) is 0 Å². The van der Waals surface area contributed by atoms with Gasteiger partial charge in [0.05, 0.1) is 11.0 Å². The van der Waals surface area contributed by atoms with Gasteiger partial charge in [0, 0.05) is 13.6 Å². The number of fused-ring (bicyclic) bond motifs is 1. The van der Waals surface area contributed by atoms with Crippen LogP contribution in [0.2, 0.25) is 0 Å². The lowest BCUT2D eigenvalue weighted by Crippen LogP contribution is -1.84. The van der Waals surface area contributed by atoms with Crippen molar-refractivity contribution in [1.29, 1.82) is 0 Å². The molecule has 0 aliphatic heterocycles. The number of hydrogen-bond donors (Lipinski definition) is 1. The van der Waals surface area contributed by atoms with Crippen LogP contribution in [0.1, 0.15) is 5.56 Å². The maximum Gasteiger partial charge on any atom is 0.139 e. The van der Waals surface area contributed by atoms with E-state index in [0.717, 1.165) is 26.9 Å². The zero-order valence-electron chi connectivity index (χ0n) is 9.67. The summed E-state index contributed by atoms with van der Waals surface area (Å²) in [5, 5.41) is 0. The van der Waals surface area contributed by atoms with Crippen LogP contribution in [-0.4, -0.2) is 9.97 Å². The minimum Gasteiger partial charge on any atom is -0.338 e. The maximum atomic E-state index is 4.64. The second-order valence-electron chi connectivity index (χ2n) is 4.23. The Kier molecular flexibility index (Phi) is 3.15. The average molecular weight is 413 g/mol. The van der Waals surface area contributed by atoms with Crippen molar-refractivity contribution in [2.75, 3.05) is 0 Å². The minimum atomic E-state index is 0.918. The molecule has 0 aliphatic rings. The Morgan fingerprint density at radius 3 is 2.83 bits per heavy atom. The van der Waals surface area contributed by atoms with Gasteiger partial charge >= 0.3 is 0 Å². The number of aryl methyl sites for hydroxylation is 1. The Hall–Kier alpha value is -0.880. The van der Waals surface area contributed by atoms with Crippen LogP contribution in [0, 0.1) is 10.5 Å². The Bertz CT molecular complexity index is 734. The lowest BCUT2D eigenvalue weighted by Gasteiger charge is -2.01. The molecule has 2 aromatic carbocycles. The first-order valence-corrected chi connectivity index (χ1v) is 7.42. The molecule has 0 spiro atoms. The van der Waals surface area contributed by atoms with E-state index in [0.29, 0.717) is 0 Å². The van der Waals surface area contributed by atoms with Crippen molar-refractivity contribution in [3.63, 3.8) is 0 Å². The molecule has 4 heteroatoms. The van der Waals surface area contributed by atoms with Crippen LogP contribution in [0.5, 0.6) is 0 Å². The minimum absolute atomic E-state index is 0.918. The van der Waals surface area contributed by atoms with E-state index in [2.05, 4.69) is 85.7 Å². The third-order valence-corrected chi connectivity index (χ3v) is 4.25. The van der Waals surface area contributed by atoms with Crippen LogP contribution in [0.15, 0.2) is 40.9 Å². The molecule has 0 bridgehead atoms. The number of aromatic nitrogens is 2. The fraction of sp³-hybridized carbons (Fsp3) is 0.0714. The molecule has 0 aliphatic carbocycles. The van der Waals surface area contributed by atoms with Gasteiger partial charge in [0.25, 0.3) is 0 Å². The third-order valence-electron chi connectivity index (χ3n) is 2.82. The van der Waals surface area contributed by atoms with Crippen molar-refractivity contribution in [2.45, 2.75) is 6.92 Å².